The molecule has 0 saturated carbocycles. The van der Waals surface area contributed by atoms with Crippen molar-refractivity contribution in [2.24, 2.45) is 5.73 Å². The molecule has 1 heterocycles. The lowest BCUT2D eigenvalue weighted by molar-refractivity contribution is -0.0181. The van der Waals surface area contributed by atoms with Crippen LogP contribution >= 0.6 is 0 Å². The maximum atomic E-state index is 10.1. The number of piperidine rings is 1. The first-order valence-electron chi connectivity index (χ1n) is 6.82. The van der Waals surface area contributed by atoms with E-state index in [4.69, 9.17) is 5.73 Å². The molecule has 1 unspecified atom stereocenters. The standard InChI is InChI=1S/C16H22N2O/c1-16(19)8-4-10-18(13-16)12-15-6-2-5-14(11-15)7-3-9-17/h2,5-6,11,19H,4,8-10,12-13,17H2,1H3. The minimum atomic E-state index is -0.546. The van der Waals surface area contributed by atoms with Crippen molar-refractivity contribution >= 4 is 0 Å². The van der Waals surface area contributed by atoms with Gasteiger partial charge < -0.3 is 10.8 Å². The molecule has 1 aromatic rings. The van der Waals surface area contributed by atoms with Gasteiger partial charge in [-0.15, -0.1) is 0 Å². The van der Waals surface area contributed by atoms with Crippen LogP contribution in [0.4, 0.5) is 0 Å². The molecule has 3 heteroatoms. The van der Waals surface area contributed by atoms with Gasteiger partial charge in [0.15, 0.2) is 0 Å². The Hall–Kier alpha value is -1.34. The maximum Gasteiger partial charge on any atom is 0.0746 e. The Morgan fingerprint density at radius 2 is 2.32 bits per heavy atom. The zero-order chi connectivity index (χ0) is 13.7. The molecular weight excluding hydrogens is 236 g/mol. The van der Waals surface area contributed by atoms with Crippen molar-refractivity contribution in [2.75, 3.05) is 19.6 Å². The van der Waals surface area contributed by atoms with Gasteiger partial charge in [0, 0.05) is 18.7 Å². The SMILES string of the molecule is CC1(O)CCCN(Cc2cccc(C#CCN)c2)C1. The number of nitrogens with zero attached hydrogens (tertiary/aromatic N) is 1. The fourth-order valence-corrected chi connectivity index (χ4v) is 2.62. The van der Waals surface area contributed by atoms with E-state index < -0.39 is 5.60 Å². The monoisotopic (exact) mass is 258 g/mol. The summed E-state index contributed by atoms with van der Waals surface area (Å²) >= 11 is 0. The Kier molecular flexibility index (Phi) is 4.60. The van der Waals surface area contributed by atoms with Gasteiger partial charge in [0.05, 0.1) is 12.1 Å². The number of hydrogen-bond donors (Lipinski definition) is 2. The van der Waals surface area contributed by atoms with Gasteiger partial charge in [0.2, 0.25) is 0 Å². The predicted molar refractivity (Wildman–Crippen MR) is 77.5 cm³/mol. The molecule has 1 aliphatic heterocycles. The molecule has 1 aliphatic rings. The summed E-state index contributed by atoms with van der Waals surface area (Å²) in [6.45, 7) is 4.97. The first-order chi connectivity index (χ1) is 9.09. The molecule has 0 aromatic heterocycles. The fourth-order valence-electron chi connectivity index (χ4n) is 2.62. The Morgan fingerprint density at radius 3 is 3.05 bits per heavy atom. The first kappa shape index (κ1) is 14.1. The molecule has 0 radical (unpaired) electrons. The molecule has 1 saturated heterocycles. The minimum absolute atomic E-state index is 0.388. The second-order valence-electron chi connectivity index (χ2n) is 5.52. The third kappa shape index (κ3) is 4.36. The van der Waals surface area contributed by atoms with Gasteiger partial charge in [-0.1, -0.05) is 24.0 Å². The van der Waals surface area contributed by atoms with Crippen LogP contribution in [0, 0.1) is 11.8 Å². The van der Waals surface area contributed by atoms with Crippen molar-refractivity contribution in [1.29, 1.82) is 0 Å². The van der Waals surface area contributed by atoms with Crippen molar-refractivity contribution < 1.29 is 5.11 Å². The van der Waals surface area contributed by atoms with Crippen molar-refractivity contribution in [3.63, 3.8) is 0 Å². The van der Waals surface area contributed by atoms with Crippen molar-refractivity contribution in [3.05, 3.63) is 35.4 Å². The molecule has 102 valence electrons. The van der Waals surface area contributed by atoms with E-state index in [1.54, 1.807) is 0 Å². The number of rotatable bonds is 2. The highest BCUT2D eigenvalue weighted by molar-refractivity contribution is 5.37. The predicted octanol–water partition coefficient (Wildman–Crippen LogP) is 1.34. The van der Waals surface area contributed by atoms with E-state index in [0.29, 0.717) is 6.54 Å². The lowest BCUT2D eigenvalue weighted by Crippen LogP contribution is -2.45. The van der Waals surface area contributed by atoms with Gasteiger partial charge in [-0.3, -0.25) is 4.90 Å². The summed E-state index contributed by atoms with van der Waals surface area (Å²) in [5, 5.41) is 10.1. The van der Waals surface area contributed by atoms with Crippen LogP contribution in [0.25, 0.3) is 0 Å². The number of benzene rings is 1. The Labute approximate surface area is 115 Å². The van der Waals surface area contributed by atoms with Gasteiger partial charge in [0.25, 0.3) is 0 Å². The molecule has 0 bridgehead atoms. The van der Waals surface area contributed by atoms with Gasteiger partial charge in [-0.25, -0.2) is 0 Å². The molecule has 3 nitrogen and oxygen atoms in total. The molecule has 1 fully saturated rings. The van der Waals surface area contributed by atoms with Crippen molar-refractivity contribution in [2.45, 2.75) is 31.9 Å². The number of β-amino-alcohol motifs (C(OH)–C–C–N with tert-alkyl or cyclic N) is 1. The molecule has 3 N–H and O–H groups in total. The van der Waals surface area contributed by atoms with Crippen LogP contribution in [0.2, 0.25) is 0 Å². The Bertz CT molecular complexity index is 485. The number of likely N-dealkylation sites (tertiary alicyclic amines) is 1. The first-order valence-corrected chi connectivity index (χ1v) is 6.82. The average molecular weight is 258 g/mol. The largest absolute Gasteiger partial charge is 0.389 e. The summed E-state index contributed by atoms with van der Waals surface area (Å²) in [6, 6.07) is 8.24. The van der Waals surface area contributed by atoms with Crippen LogP contribution in [0.5, 0.6) is 0 Å². The van der Waals surface area contributed by atoms with Gasteiger partial charge in [-0.05, 0) is 44.0 Å². The summed E-state index contributed by atoms with van der Waals surface area (Å²) in [5.41, 5.74) is 7.08. The highest BCUT2D eigenvalue weighted by atomic mass is 16.3. The Morgan fingerprint density at radius 1 is 1.47 bits per heavy atom. The molecule has 2 rings (SSSR count). The lowest BCUT2D eigenvalue weighted by atomic mass is 9.95. The molecule has 0 amide bonds. The summed E-state index contributed by atoms with van der Waals surface area (Å²) in [4.78, 5) is 2.30. The summed E-state index contributed by atoms with van der Waals surface area (Å²) in [6.07, 6.45) is 1.95. The van der Waals surface area contributed by atoms with Crippen molar-refractivity contribution in [1.82, 2.24) is 4.90 Å². The van der Waals surface area contributed by atoms with Gasteiger partial charge in [0.1, 0.15) is 0 Å². The summed E-state index contributed by atoms with van der Waals surface area (Å²) < 4.78 is 0. The summed E-state index contributed by atoms with van der Waals surface area (Å²) in [5.74, 6) is 5.93. The smallest absolute Gasteiger partial charge is 0.0746 e. The highest BCUT2D eigenvalue weighted by Gasteiger charge is 2.28. The van der Waals surface area contributed by atoms with Crippen LogP contribution in [0.3, 0.4) is 0 Å². The van der Waals surface area contributed by atoms with Crippen LogP contribution in [-0.4, -0.2) is 35.2 Å². The molecule has 0 spiro atoms. The van der Waals surface area contributed by atoms with Crippen molar-refractivity contribution in [3.8, 4) is 11.8 Å². The number of aliphatic hydroxyl groups is 1. The quantitative estimate of drug-likeness (QED) is 0.787. The highest BCUT2D eigenvalue weighted by Crippen LogP contribution is 2.21. The second-order valence-corrected chi connectivity index (χ2v) is 5.52. The normalized spacial score (nSPS) is 23.7. The topological polar surface area (TPSA) is 49.5 Å². The van der Waals surface area contributed by atoms with E-state index in [1.807, 2.05) is 19.1 Å². The van der Waals surface area contributed by atoms with Crippen LogP contribution in [0.1, 0.15) is 30.9 Å². The van der Waals surface area contributed by atoms with E-state index in [9.17, 15) is 5.11 Å². The van der Waals surface area contributed by atoms with E-state index in [2.05, 4.69) is 28.9 Å². The zero-order valence-corrected chi connectivity index (χ0v) is 11.5. The van der Waals surface area contributed by atoms with Gasteiger partial charge in [-0.2, -0.15) is 0 Å². The summed E-state index contributed by atoms with van der Waals surface area (Å²) in [7, 11) is 0. The molecule has 19 heavy (non-hydrogen) atoms. The van der Waals surface area contributed by atoms with Crippen LogP contribution < -0.4 is 5.73 Å². The van der Waals surface area contributed by atoms with E-state index in [1.165, 1.54) is 5.56 Å². The molecule has 0 aliphatic carbocycles. The van der Waals surface area contributed by atoms with Crippen LogP contribution in [0.15, 0.2) is 24.3 Å². The molecule has 1 aromatic carbocycles. The maximum absolute atomic E-state index is 10.1. The van der Waals surface area contributed by atoms with E-state index in [0.717, 1.165) is 38.0 Å². The zero-order valence-electron chi connectivity index (χ0n) is 11.5. The average Bonchev–Trinajstić information content (AvgIpc) is 2.35. The lowest BCUT2D eigenvalue weighted by Gasteiger charge is -2.36. The third-order valence-corrected chi connectivity index (χ3v) is 3.42. The number of hydrogen-bond acceptors (Lipinski definition) is 3. The fraction of sp³-hybridized carbons (Fsp3) is 0.500. The minimum Gasteiger partial charge on any atom is -0.389 e. The second kappa shape index (κ2) is 6.21. The molecular formula is C16H22N2O. The van der Waals surface area contributed by atoms with Gasteiger partial charge >= 0.3 is 0 Å². The van der Waals surface area contributed by atoms with Crippen LogP contribution in [-0.2, 0) is 6.54 Å². The molecule has 1 atom stereocenters. The third-order valence-electron chi connectivity index (χ3n) is 3.42. The van der Waals surface area contributed by atoms with E-state index in [-0.39, 0.29) is 0 Å². The number of nitrogens with two attached hydrogens (primary N) is 1. The van der Waals surface area contributed by atoms with E-state index >= 15 is 0 Å². The Balaban J connectivity index is 2.02.